The fourth-order valence-electron chi connectivity index (χ4n) is 3.01. The molecule has 134 valence electrons. The Balaban J connectivity index is 2.19. The molecule has 0 radical (unpaired) electrons. The molecule has 0 aromatic carbocycles. The van der Waals surface area contributed by atoms with Crippen molar-refractivity contribution in [3.8, 4) is 0 Å². The maximum atomic E-state index is 6.49. The van der Waals surface area contributed by atoms with Gasteiger partial charge in [0.2, 0.25) is 0 Å². The van der Waals surface area contributed by atoms with Gasteiger partial charge in [0.1, 0.15) is 5.76 Å². The van der Waals surface area contributed by atoms with Gasteiger partial charge in [0.15, 0.2) is 0 Å². The standard InChI is InChI=1S/C19H30ClN3O/c1-8-14(5)23-11-15(20)18(21-23)19(6,7)10-13(4)17-9-16(12(2)3)22-24-17/h9,11-14H,8,10H2,1-7H3. The molecular formula is C19H30ClN3O. The van der Waals surface area contributed by atoms with Gasteiger partial charge in [0, 0.05) is 29.6 Å². The first-order chi connectivity index (χ1) is 11.2. The second kappa shape index (κ2) is 7.30. The van der Waals surface area contributed by atoms with E-state index in [1.165, 1.54) is 0 Å². The van der Waals surface area contributed by atoms with Crippen LogP contribution in [0.25, 0.3) is 0 Å². The highest BCUT2D eigenvalue weighted by Gasteiger charge is 2.31. The SMILES string of the molecule is CCC(C)n1cc(Cl)c(C(C)(C)CC(C)c2cc(C(C)C)no2)n1. The number of hydrogen-bond donors (Lipinski definition) is 0. The first-order valence-corrected chi connectivity index (χ1v) is 9.25. The molecule has 2 heterocycles. The predicted molar refractivity (Wildman–Crippen MR) is 98.9 cm³/mol. The van der Waals surface area contributed by atoms with Gasteiger partial charge in [-0.25, -0.2) is 0 Å². The molecule has 0 bridgehead atoms. The van der Waals surface area contributed by atoms with Gasteiger partial charge in [-0.05, 0) is 25.7 Å². The zero-order valence-corrected chi connectivity index (χ0v) is 16.7. The molecular weight excluding hydrogens is 322 g/mol. The molecule has 24 heavy (non-hydrogen) atoms. The number of halogens is 1. The Kier molecular flexibility index (Phi) is 5.79. The van der Waals surface area contributed by atoms with Crippen LogP contribution in [-0.4, -0.2) is 14.9 Å². The van der Waals surface area contributed by atoms with Crippen molar-refractivity contribution in [3.63, 3.8) is 0 Å². The van der Waals surface area contributed by atoms with Crippen molar-refractivity contribution in [2.45, 2.75) is 84.6 Å². The van der Waals surface area contributed by atoms with Crippen LogP contribution in [0.15, 0.2) is 16.8 Å². The molecule has 0 saturated heterocycles. The summed E-state index contributed by atoms with van der Waals surface area (Å²) in [6, 6.07) is 2.43. The molecule has 2 unspecified atom stereocenters. The molecule has 2 atom stereocenters. The van der Waals surface area contributed by atoms with E-state index in [4.69, 9.17) is 21.2 Å². The van der Waals surface area contributed by atoms with Crippen molar-refractivity contribution in [2.75, 3.05) is 0 Å². The van der Waals surface area contributed by atoms with Crippen LogP contribution in [0.5, 0.6) is 0 Å². The molecule has 0 aliphatic rings. The molecule has 0 spiro atoms. The summed E-state index contributed by atoms with van der Waals surface area (Å²) in [6.45, 7) is 15.1. The van der Waals surface area contributed by atoms with Gasteiger partial charge < -0.3 is 4.52 Å². The summed E-state index contributed by atoms with van der Waals surface area (Å²) < 4.78 is 7.53. The molecule has 0 aliphatic heterocycles. The van der Waals surface area contributed by atoms with Crippen LogP contribution in [0.3, 0.4) is 0 Å². The van der Waals surface area contributed by atoms with E-state index in [1.807, 2.05) is 10.9 Å². The molecule has 0 saturated carbocycles. The van der Waals surface area contributed by atoms with Crippen molar-refractivity contribution in [1.82, 2.24) is 14.9 Å². The van der Waals surface area contributed by atoms with Crippen LogP contribution in [0.2, 0.25) is 5.02 Å². The molecule has 0 N–H and O–H groups in total. The van der Waals surface area contributed by atoms with E-state index in [0.29, 0.717) is 12.0 Å². The summed E-state index contributed by atoms with van der Waals surface area (Å²) in [4.78, 5) is 0. The van der Waals surface area contributed by atoms with Gasteiger partial charge in [-0.2, -0.15) is 5.10 Å². The average molecular weight is 352 g/mol. The minimum atomic E-state index is -0.139. The predicted octanol–water partition coefficient (Wildman–Crippen LogP) is 6.09. The lowest BCUT2D eigenvalue weighted by atomic mass is 9.80. The summed E-state index contributed by atoms with van der Waals surface area (Å²) in [5.74, 6) is 1.57. The molecule has 2 aromatic heterocycles. The van der Waals surface area contributed by atoms with Crippen LogP contribution in [-0.2, 0) is 5.41 Å². The lowest BCUT2D eigenvalue weighted by molar-refractivity contribution is 0.325. The Morgan fingerprint density at radius 3 is 2.46 bits per heavy atom. The monoisotopic (exact) mass is 351 g/mol. The molecule has 4 nitrogen and oxygen atoms in total. The van der Waals surface area contributed by atoms with Crippen molar-refractivity contribution in [1.29, 1.82) is 0 Å². The summed E-state index contributed by atoms with van der Waals surface area (Å²) in [7, 11) is 0. The van der Waals surface area contributed by atoms with Crippen LogP contribution in [0, 0.1) is 0 Å². The molecule has 2 aromatic rings. The number of aromatic nitrogens is 3. The number of nitrogens with zero attached hydrogens (tertiary/aromatic N) is 3. The third kappa shape index (κ3) is 4.02. The molecule has 0 amide bonds. The highest BCUT2D eigenvalue weighted by atomic mass is 35.5. The third-order valence-corrected chi connectivity index (χ3v) is 5.09. The normalized spacial score (nSPS) is 15.0. The maximum absolute atomic E-state index is 6.49. The van der Waals surface area contributed by atoms with Crippen molar-refractivity contribution < 1.29 is 4.52 Å². The van der Waals surface area contributed by atoms with Gasteiger partial charge in [0.25, 0.3) is 0 Å². The lowest BCUT2D eigenvalue weighted by Gasteiger charge is -2.25. The smallest absolute Gasteiger partial charge is 0.139 e. The topological polar surface area (TPSA) is 43.9 Å². The summed E-state index contributed by atoms with van der Waals surface area (Å²) in [6.07, 6.45) is 3.88. The maximum Gasteiger partial charge on any atom is 0.139 e. The van der Waals surface area contributed by atoms with E-state index in [-0.39, 0.29) is 11.3 Å². The fraction of sp³-hybridized carbons (Fsp3) is 0.684. The van der Waals surface area contributed by atoms with Crippen LogP contribution >= 0.6 is 11.6 Å². The Morgan fingerprint density at radius 2 is 1.92 bits per heavy atom. The van der Waals surface area contributed by atoms with Gasteiger partial charge in [0.05, 0.1) is 16.4 Å². The van der Waals surface area contributed by atoms with E-state index in [9.17, 15) is 0 Å². The number of hydrogen-bond acceptors (Lipinski definition) is 3. The highest BCUT2D eigenvalue weighted by Crippen LogP contribution is 2.38. The van der Waals surface area contributed by atoms with Crippen LogP contribution in [0.4, 0.5) is 0 Å². The summed E-state index contributed by atoms with van der Waals surface area (Å²) >= 11 is 6.49. The lowest BCUT2D eigenvalue weighted by Crippen LogP contribution is -2.22. The third-order valence-electron chi connectivity index (χ3n) is 4.81. The van der Waals surface area contributed by atoms with Gasteiger partial charge >= 0.3 is 0 Å². The number of rotatable bonds is 7. The first kappa shape index (κ1) is 19.0. The van der Waals surface area contributed by atoms with E-state index in [1.54, 1.807) is 0 Å². The molecule has 0 aliphatic carbocycles. The van der Waals surface area contributed by atoms with E-state index >= 15 is 0 Å². The van der Waals surface area contributed by atoms with Gasteiger partial charge in [-0.1, -0.05) is 58.3 Å². The quantitative estimate of drug-likeness (QED) is 0.606. The summed E-state index contributed by atoms with van der Waals surface area (Å²) in [5.41, 5.74) is 1.83. The van der Waals surface area contributed by atoms with E-state index in [2.05, 4.69) is 59.7 Å². The van der Waals surface area contributed by atoms with E-state index in [0.717, 1.165) is 35.0 Å². The summed E-state index contributed by atoms with van der Waals surface area (Å²) in [5, 5.41) is 9.69. The second-order valence-corrected chi connectivity index (χ2v) is 8.27. The Hall–Kier alpha value is -1.29. The second-order valence-electron chi connectivity index (χ2n) is 7.86. The molecule has 0 fully saturated rings. The zero-order valence-electron chi connectivity index (χ0n) is 15.9. The Bertz CT molecular complexity index is 672. The van der Waals surface area contributed by atoms with Crippen molar-refractivity contribution in [2.24, 2.45) is 0 Å². The van der Waals surface area contributed by atoms with Gasteiger partial charge in [-0.3, -0.25) is 4.68 Å². The minimum absolute atomic E-state index is 0.139. The van der Waals surface area contributed by atoms with Crippen molar-refractivity contribution >= 4 is 11.6 Å². The average Bonchev–Trinajstić information content (AvgIpc) is 3.12. The Morgan fingerprint density at radius 1 is 1.25 bits per heavy atom. The zero-order chi connectivity index (χ0) is 18.1. The van der Waals surface area contributed by atoms with Crippen molar-refractivity contribution in [3.05, 3.63) is 34.4 Å². The van der Waals surface area contributed by atoms with E-state index < -0.39 is 0 Å². The Labute approximate surface area is 150 Å². The van der Waals surface area contributed by atoms with Crippen LogP contribution < -0.4 is 0 Å². The first-order valence-electron chi connectivity index (χ1n) is 8.87. The fourth-order valence-corrected chi connectivity index (χ4v) is 3.41. The molecule has 5 heteroatoms. The van der Waals surface area contributed by atoms with Crippen LogP contribution in [0.1, 0.15) is 96.3 Å². The minimum Gasteiger partial charge on any atom is -0.361 e. The highest BCUT2D eigenvalue weighted by molar-refractivity contribution is 6.31. The molecule has 2 rings (SSSR count). The van der Waals surface area contributed by atoms with Gasteiger partial charge in [-0.15, -0.1) is 0 Å². The largest absolute Gasteiger partial charge is 0.361 e.